The molecule has 0 unspecified atom stereocenters. The highest BCUT2D eigenvalue weighted by atomic mass is 32.2. The zero-order valence-electron chi connectivity index (χ0n) is 14.2. The molecule has 0 saturated heterocycles. The second-order valence-corrected chi connectivity index (χ2v) is 7.55. The maximum atomic E-state index is 12.6. The standard InChI is InChI=1S/C18H19N3O3S/c1-12-4-5-13(2)17(10-12)25(22,23)21-16-8-6-15(7-9-16)19-18-11-14(3)24-20-18/h4-11,21H,1-3H3,(H,19,20). The van der Waals surface area contributed by atoms with Gasteiger partial charge in [-0.05, 0) is 62.2 Å². The summed E-state index contributed by atoms with van der Waals surface area (Å²) >= 11 is 0. The van der Waals surface area contributed by atoms with Gasteiger partial charge >= 0.3 is 0 Å². The van der Waals surface area contributed by atoms with Gasteiger partial charge in [0.15, 0.2) is 5.82 Å². The minimum Gasteiger partial charge on any atom is -0.360 e. The highest BCUT2D eigenvalue weighted by Crippen LogP contribution is 2.23. The first-order valence-electron chi connectivity index (χ1n) is 7.74. The van der Waals surface area contributed by atoms with Gasteiger partial charge in [0.2, 0.25) is 0 Å². The summed E-state index contributed by atoms with van der Waals surface area (Å²) in [6.07, 6.45) is 0. The molecule has 0 aliphatic carbocycles. The molecule has 0 radical (unpaired) electrons. The Labute approximate surface area is 146 Å². The van der Waals surface area contributed by atoms with E-state index < -0.39 is 10.0 Å². The number of hydrogen-bond acceptors (Lipinski definition) is 5. The molecule has 6 nitrogen and oxygen atoms in total. The van der Waals surface area contributed by atoms with Gasteiger partial charge in [-0.3, -0.25) is 4.72 Å². The summed E-state index contributed by atoms with van der Waals surface area (Å²) in [6.45, 7) is 5.45. The lowest BCUT2D eigenvalue weighted by Crippen LogP contribution is -2.14. The van der Waals surface area contributed by atoms with E-state index in [4.69, 9.17) is 4.52 Å². The molecular weight excluding hydrogens is 338 g/mol. The molecule has 3 rings (SSSR count). The molecule has 0 aliphatic rings. The van der Waals surface area contributed by atoms with Gasteiger partial charge in [0.25, 0.3) is 10.0 Å². The van der Waals surface area contributed by atoms with Crippen molar-refractivity contribution < 1.29 is 12.9 Å². The third-order valence-electron chi connectivity index (χ3n) is 3.67. The molecule has 0 amide bonds. The maximum Gasteiger partial charge on any atom is 0.262 e. The molecule has 0 aliphatic heterocycles. The molecular formula is C18H19N3O3S. The van der Waals surface area contributed by atoms with Crippen LogP contribution in [0, 0.1) is 20.8 Å². The Hall–Kier alpha value is -2.80. The van der Waals surface area contributed by atoms with Crippen LogP contribution in [0.15, 0.2) is 57.9 Å². The number of rotatable bonds is 5. The Bertz CT molecular complexity index is 993. The van der Waals surface area contributed by atoms with Gasteiger partial charge in [-0.1, -0.05) is 17.3 Å². The normalized spacial score (nSPS) is 11.3. The quantitative estimate of drug-likeness (QED) is 0.717. The van der Waals surface area contributed by atoms with Crippen molar-refractivity contribution >= 4 is 27.2 Å². The summed E-state index contributed by atoms with van der Waals surface area (Å²) < 4.78 is 32.8. The van der Waals surface area contributed by atoms with E-state index >= 15 is 0 Å². The number of anilines is 3. The van der Waals surface area contributed by atoms with Crippen LogP contribution in [0.2, 0.25) is 0 Å². The first kappa shape index (κ1) is 17.0. The lowest BCUT2D eigenvalue weighted by molar-refractivity contribution is 0.400. The fourth-order valence-electron chi connectivity index (χ4n) is 2.40. The molecule has 130 valence electrons. The highest BCUT2D eigenvalue weighted by Gasteiger charge is 2.17. The van der Waals surface area contributed by atoms with Crippen LogP contribution in [-0.2, 0) is 10.0 Å². The minimum atomic E-state index is -3.63. The lowest BCUT2D eigenvalue weighted by atomic mass is 10.2. The van der Waals surface area contributed by atoms with Gasteiger partial charge in [-0.25, -0.2) is 8.42 Å². The van der Waals surface area contributed by atoms with Crippen molar-refractivity contribution in [3.05, 3.63) is 65.4 Å². The predicted octanol–water partition coefficient (Wildman–Crippen LogP) is 4.14. The van der Waals surface area contributed by atoms with Crippen LogP contribution in [-0.4, -0.2) is 13.6 Å². The number of hydrogen-bond donors (Lipinski definition) is 2. The first-order valence-corrected chi connectivity index (χ1v) is 9.22. The van der Waals surface area contributed by atoms with Crippen LogP contribution >= 0.6 is 0 Å². The summed E-state index contributed by atoms with van der Waals surface area (Å²) in [5, 5.41) is 6.93. The van der Waals surface area contributed by atoms with E-state index in [2.05, 4.69) is 15.2 Å². The molecule has 1 aromatic heterocycles. The summed E-state index contributed by atoms with van der Waals surface area (Å²) in [6, 6.07) is 14.1. The van der Waals surface area contributed by atoms with Crippen molar-refractivity contribution in [2.75, 3.05) is 10.0 Å². The summed E-state index contributed by atoms with van der Waals surface area (Å²) in [7, 11) is -3.63. The van der Waals surface area contributed by atoms with Gasteiger partial charge < -0.3 is 9.84 Å². The molecule has 3 aromatic rings. The number of benzene rings is 2. The monoisotopic (exact) mass is 357 g/mol. The van der Waals surface area contributed by atoms with Gasteiger partial charge in [0, 0.05) is 17.4 Å². The van der Waals surface area contributed by atoms with Crippen molar-refractivity contribution in [2.24, 2.45) is 0 Å². The van der Waals surface area contributed by atoms with Gasteiger partial charge in [-0.15, -0.1) is 0 Å². The summed E-state index contributed by atoms with van der Waals surface area (Å²) in [5.41, 5.74) is 2.87. The Morgan fingerprint density at radius 3 is 2.24 bits per heavy atom. The molecule has 0 bridgehead atoms. The van der Waals surface area contributed by atoms with Crippen molar-refractivity contribution in [3.8, 4) is 0 Å². The Morgan fingerprint density at radius 1 is 0.920 bits per heavy atom. The van der Waals surface area contributed by atoms with Crippen molar-refractivity contribution in [2.45, 2.75) is 25.7 Å². The zero-order chi connectivity index (χ0) is 18.0. The second-order valence-electron chi connectivity index (χ2n) is 5.90. The van der Waals surface area contributed by atoms with Gasteiger partial charge in [0.1, 0.15) is 5.76 Å². The second kappa shape index (κ2) is 6.60. The number of aromatic nitrogens is 1. The highest BCUT2D eigenvalue weighted by molar-refractivity contribution is 7.92. The third kappa shape index (κ3) is 4.00. The van der Waals surface area contributed by atoms with Crippen LogP contribution in [0.3, 0.4) is 0 Å². The van der Waals surface area contributed by atoms with Crippen LogP contribution in [0.1, 0.15) is 16.9 Å². The summed E-state index contributed by atoms with van der Waals surface area (Å²) in [4.78, 5) is 0.285. The zero-order valence-corrected chi connectivity index (χ0v) is 15.0. The van der Waals surface area contributed by atoms with E-state index in [1.165, 1.54) is 0 Å². The van der Waals surface area contributed by atoms with Crippen molar-refractivity contribution in [1.82, 2.24) is 5.16 Å². The average molecular weight is 357 g/mol. The summed E-state index contributed by atoms with van der Waals surface area (Å²) in [5.74, 6) is 1.31. The Morgan fingerprint density at radius 2 is 1.60 bits per heavy atom. The smallest absolute Gasteiger partial charge is 0.262 e. The minimum absolute atomic E-state index is 0.285. The van der Waals surface area contributed by atoms with E-state index in [1.807, 2.05) is 19.9 Å². The van der Waals surface area contributed by atoms with E-state index in [1.54, 1.807) is 49.4 Å². The lowest BCUT2D eigenvalue weighted by Gasteiger charge is -2.11. The predicted molar refractivity (Wildman–Crippen MR) is 97.7 cm³/mol. The van der Waals surface area contributed by atoms with Crippen molar-refractivity contribution in [3.63, 3.8) is 0 Å². The molecule has 0 fully saturated rings. The van der Waals surface area contributed by atoms with E-state index in [9.17, 15) is 8.42 Å². The molecule has 0 atom stereocenters. The molecule has 0 spiro atoms. The average Bonchev–Trinajstić information content (AvgIpc) is 2.96. The molecule has 2 N–H and O–H groups in total. The van der Waals surface area contributed by atoms with E-state index in [-0.39, 0.29) is 4.90 Å². The fraction of sp³-hybridized carbons (Fsp3) is 0.167. The fourth-order valence-corrected chi connectivity index (χ4v) is 3.79. The van der Waals surface area contributed by atoms with Gasteiger partial charge in [0.05, 0.1) is 4.90 Å². The number of sulfonamides is 1. The molecule has 7 heteroatoms. The van der Waals surface area contributed by atoms with Crippen LogP contribution in [0.4, 0.5) is 17.2 Å². The van der Waals surface area contributed by atoms with E-state index in [0.717, 1.165) is 11.3 Å². The van der Waals surface area contributed by atoms with E-state index in [0.29, 0.717) is 22.8 Å². The first-order chi connectivity index (χ1) is 11.8. The molecule has 2 aromatic carbocycles. The van der Waals surface area contributed by atoms with Crippen LogP contribution < -0.4 is 10.0 Å². The van der Waals surface area contributed by atoms with Crippen molar-refractivity contribution in [1.29, 1.82) is 0 Å². The van der Waals surface area contributed by atoms with Crippen LogP contribution in [0.25, 0.3) is 0 Å². The van der Waals surface area contributed by atoms with Gasteiger partial charge in [-0.2, -0.15) is 0 Å². The van der Waals surface area contributed by atoms with Crippen LogP contribution in [0.5, 0.6) is 0 Å². The number of nitrogens with zero attached hydrogens (tertiary/aromatic N) is 1. The Kier molecular flexibility index (Phi) is 4.50. The third-order valence-corrected chi connectivity index (χ3v) is 5.19. The SMILES string of the molecule is Cc1ccc(C)c(S(=O)(=O)Nc2ccc(Nc3cc(C)on3)cc2)c1. The largest absolute Gasteiger partial charge is 0.360 e. The Balaban J connectivity index is 1.77. The number of aryl methyl sites for hydroxylation is 3. The molecule has 0 saturated carbocycles. The molecule has 1 heterocycles. The topological polar surface area (TPSA) is 84.2 Å². The molecule has 25 heavy (non-hydrogen) atoms. The maximum absolute atomic E-state index is 12.6. The number of nitrogens with one attached hydrogen (secondary N) is 2.